The van der Waals surface area contributed by atoms with Gasteiger partial charge < -0.3 is 4.98 Å². The van der Waals surface area contributed by atoms with Crippen LogP contribution in [0.4, 0.5) is 0 Å². The van der Waals surface area contributed by atoms with Crippen molar-refractivity contribution in [1.82, 2.24) is 19.7 Å². The maximum atomic E-state index is 12.2. The monoisotopic (exact) mass is 278 g/mol. The van der Waals surface area contributed by atoms with Gasteiger partial charge in [0.2, 0.25) is 0 Å². The number of hydrogen-bond donors (Lipinski definition) is 2. The molecule has 0 bridgehead atoms. The second kappa shape index (κ2) is 5.13. The lowest BCUT2D eigenvalue weighted by atomic mass is 10.1. The molecule has 2 heterocycles. The first-order valence-electron chi connectivity index (χ1n) is 6.33. The van der Waals surface area contributed by atoms with E-state index in [1.807, 2.05) is 24.5 Å². The van der Waals surface area contributed by atoms with E-state index in [-0.39, 0.29) is 11.6 Å². The van der Waals surface area contributed by atoms with Crippen LogP contribution in [0.25, 0.3) is 11.4 Å². The van der Waals surface area contributed by atoms with E-state index >= 15 is 0 Å². The minimum Gasteiger partial charge on any atom is -0.326 e. The Morgan fingerprint density at radius 3 is 2.74 bits per heavy atom. The van der Waals surface area contributed by atoms with E-state index in [9.17, 15) is 4.79 Å². The summed E-state index contributed by atoms with van der Waals surface area (Å²) in [6, 6.07) is 2.14. The molecule has 102 valence electrons. The van der Waals surface area contributed by atoms with Gasteiger partial charge in [-0.2, -0.15) is 5.10 Å². The maximum Gasteiger partial charge on any atom is 0.259 e. The Kier molecular flexibility index (Phi) is 3.71. The molecule has 0 saturated carbocycles. The summed E-state index contributed by atoms with van der Waals surface area (Å²) in [6.07, 6.45) is 0.920. The Balaban J connectivity index is 2.74. The van der Waals surface area contributed by atoms with Crippen LogP contribution in [-0.2, 0) is 0 Å². The van der Waals surface area contributed by atoms with Crippen LogP contribution in [0, 0.1) is 18.6 Å². The minimum atomic E-state index is -0.129. The second-order valence-corrected chi connectivity index (χ2v) is 5.21. The number of hydrogen-bond acceptors (Lipinski definition) is 3. The van der Waals surface area contributed by atoms with Crippen molar-refractivity contribution < 1.29 is 0 Å². The van der Waals surface area contributed by atoms with Crippen LogP contribution in [0.5, 0.6) is 0 Å². The van der Waals surface area contributed by atoms with Gasteiger partial charge in [0, 0.05) is 11.7 Å². The number of rotatable bonds is 3. The molecule has 0 radical (unpaired) electrons. The first-order chi connectivity index (χ1) is 8.95. The van der Waals surface area contributed by atoms with E-state index in [1.54, 1.807) is 0 Å². The van der Waals surface area contributed by atoms with Crippen LogP contribution in [-0.4, -0.2) is 19.7 Å². The van der Waals surface area contributed by atoms with Gasteiger partial charge in [0.05, 0.1) is 5.56 Å². The summed E-state index contributed by atoms with van der Waals surface area (Å²) in [5, 5.41) is 7.02. The van der Waals surface area contributed by atoms with Gasteiger partial charge >= 0.3 is 0 Å². The lowest BCUT2D eigenvalue weighted by molar-refractivity contribution is 0.528. The third-order valence-corrected chi connectivity index (χ3v) is 3.61. The van der Waals surface area contributed by atoms with Crippen LogP contribution >= 0.6 is 12.2 Å². The Morgan fingerprint density at radius 2 is 2.16 bits per heavy atom. The highest BCUT2D eigenvalue weighted by Crippen LogP contribution is 2.22. The van der Waals surface area contributed by atoms with Crippen LogP contribution in [0.2, 0.25) is 0 Å². The Labute approximate surface area is 116 Å². The number of pyridine rings is 1. The summed E-state index contributed by atoms with van der Waals surface area (Å²) in [5.74, 6) is 0.609. The van der Waals surface area contributed by atoms with Crippen LogP contribution in [0.1, 0.15) is 37.6 Å². The molecule has 5 nitrogen and oxygen atoms in total. The van der Waals surface area contributed by atoms with E-state index < -0.39 is 0 Å². The molecule has 0 spiro atoms. The highest BCUT2D eigenvalue weighted by Gasteiger charge is 2.18. The number of aromatic nitrogens is 4. The molecule has 2 aromatic heterocycles. The molecular formula is C13H18N4OS. The SMILES string of the molecule is CCC(C)n1c(-c2c(C)cc(C)[nH]c2=O)n[nH]c1=S. The third kappa shape index (κ3) is 2.40. The third-order valence-electron chi connectivity index (χ3n) is 3.32. The largest absolute Gasteiger partial charge is 0.326 e. The fraction of sp³-hybridized carbons (Fsp3) is 0.462. The van der Waals surface area contributed by atoms with Crippen LogP contribution in [0.3, 0.4) is 0 Å². The van der Waals surface area contributed by atoms with E-state index in [4.69, 9.17) is 12.2 Å². The van der Waals surface area contributed by atoms with Gasteiger partial charge in [-0.25, -0.2) is 0 Å². The average molecular weight is 278 g/mol. The molecule has 0 aromatic carbocycles. The van der Waals surface area contributed by atoms with Gasteiger partial charge in [0.15, 0.2) is 10.6 Å². The van der Waals surface area contributed by atoms with E-state index in [1.165, 1.54) is 0 Å². The van der Waals surface area contributed by atoms with E-state index in [0.717, 1.165) is 17.7 Å². The smallest absolute Gasteiger partial charge is 0.259 e. The average Bonchev–Trinajstić information content (AvgIpc) is 2.69. The van der Waals surface area contributed by atoms with Crippen molar-refractivity contribution in [2.24, 2.45) is 0 Å². The number of aryl methyl sites for hydroxylation is 2. The van der Waals surface area contributed by atoms with E-state index in [0.29, 0.717) is 16.2 Å². The molecule has 0 aliphatic carbocycles. The molecule has 6 heteroatoms. The Bertz CT molecular complexity index is 710. The quantitative estimate of drug-likeness (QED) is 0.848. The Morgan fingerprint density at radius 1 is 1.47 bits per heavy atom. The molecule has 0 fully saturated rings. The van der Waals surface area contributed by atoms with Gasteiger partial charge in [0.1, 0.15) is 0 Å². The van der Waals surface area contributed by atoms with Crippen molar-refractivity contribution in [1.29, 1.82) is 0 Å². The zero-order valence-corrected chi connectivity index (χ0v) is 12.4. The van der Waals surface area contributed by atoms with Crippen molar-refractivity contribution >= 4 is 12.2 Å². The minimum absolute atomic E-state index is 0.129. The zero-order valence-electron chi connectivity index (χ0n) is 11.6. The highest BCUT2D eigenvalue weighted by molar-refractivity contribution is 7.71. The molecule has 2 N–H and O–H groups in total. The van der Waals surface area contributed by atoms with Gasteiger partial charge in [-0.3, -0.25) is 14.5 Å². The fourth-order valence-corrected chi connectivity index (χ4v) is 2.52. The summed E-state index contributed by atoms with van der Waals surface area (Å²) in [4.78, 5) is 15.0. The first-order valence-corrected chi connectivity index (χ1v) is 6.74. The van der Waals surface area contributed by atoms with Crippen LogP contribution in [0.15, 0.2) is 10.9 Å². The first kappa shape index (κ1) is 13.7. The summed E-state index contributed by atoms with van der Waals surface area (Å²) in [7, 11) is 0. The maximum absolute atomic E-state index is 12.2. The molecule has 19 heavy (non-hydrogen) atoms. The molecule has 0 amide bonds. The zero-order chi connectivity index (χ0) is 14.2. The van der Waals surface area contributed by atoms with Crippen molar-refractivity contribution in [3.05, 3.63) is 32.4 Å². The summed E-state index contributed by atoms with van der Waals surface area (Å²) < 4.78 is 2.45. The summed E-state index contributed by atoms with van der Waals surface area (Å²) >= 11 is 5.26. The highest BCUT2D eigenvalue weighted by atomic mass is 32.1. The standard InChI is InChI=1S/C13H18N4OS/c1-5-9(4)17-11(15-16-13(17)19)10-7(2)6-8(3)14-12(10)18/h6,9H,5H2,1-4H3,(H,14,18)(H,16,19). The molecule has 0 saturated heterocycles. The summed E-state index contributed by atoms with van der Waals surface area (Å²) in [5.41, 5.74) is 2.20. The number of nitrogens with zero attached hydrogens (tertiary/aromatic N) is 2. The molecule has 0 aliphatic rings. The molecule has 2 aromatic rings. The molecule has 1 unspecified atom stereocenters. The predicted molar refractivity (Wildman–Crippen MR) is 77.9 cm³/mol. The van der Waals surface area contributed by atoms with Crippen molar-refractivity contribution in [2.75, 3.05) is 0 Å². The van der Waals surface area contributed by atoms with Crippen molar-refractivity contribution in [3.63, 3.8) is 0 Å². The molecule has 0 aliphatic heterocycles. The number of H-pyrrole nitrogens is 2. The lowest BCUT2D eigenvalue weighted by Crippen LogP contribution is -2.16. The predicted octanol–water partition coefficient (Wildman–Crippen LogP) is 2.88. The van der Waals surface area contributed by atoms with Crippen molar-refractivity contribution in [3.8, 4) is 11.4 Å². The van der Waals surface area contributed by atoms with E-state index in [2.05, 4.69) is 29.0 Å². The van der Waals surface area contributed by atoms with Crippen molar-refractivity contribution in [2.45, 2.75) is 40.2 Å². The van der Waals surface area contributed by atoms with Gasteiger partial charge in [0.25, 0.3) is 5.56 Å². The molecule has 2 rings (SSSR count). The van der Waals surface area contributed by atoms with Gasteiger partial charge in [-0.15, -0.1) is 0 Å². The normalized spacial score (nSPS) is 12.6. The number of nitrogens with one attached hydrogen (secondary N) is 2. The van der Waals surface area contributed by atoms with Crippen LogP contribution < -0.4 is 5.56 Å². The second-order valence-electron chi connectivity index (χ2n) is 4.82. The molecule has 1 atom stereocenters. The molecular weight excluding hydrogens is 260 g/mol. The number of aromatic amines is 2. The fourth-order valence-electron chi connectivity index (χ4n) is 2.20. The summed E-state index contributed by atoms with van der Waals surface area (Å²) in [6.45, 7) is 7.92. The van der Waals surface area contributed by atoms with Gasteiger partial charge in [-0.05, 0) is 51.0 Å². The topological polar surface area (TPSA) is 66.5 Å². The lowest BCUT2D eigenvalue weighted by Gasteiger charge is -2.14. The van der Waals surface area contributed by atoms with Gasteiger partial charge in [-0.1, -0.05) is 6.92 Å². The Hall–Kier alpha value is -1.69.